The zero-order valence-corrected chi connectivity index (χ0v) is 21.8. The van der Waals surface area contributed by atoms with Crippen LogP contribution in [-0.2, 0) is 11.0 Å². The molecule has 11 heteroatoms. The number of rotatable bonds is 6. The maximum atomic E-state index is 13.9. The molecule has 0 radical (unpaired) electrons. The lowest BCUT2D eigenvalue weighted by Gasteiger charge is -2.24. The van der Waals surface area contributed by atoms with E-state index >= 15 is 0 Å². The van der Waals surface area contributed by atoms with Crippen molar-refractivity contribution in [1.29, 1.82) is 0 Å². The third-order valence-corrected chi connectivity index (χ3v) is 6.15. The van der Waals surface area contributed by atoms with E-state index in [2.05, 4.69) is 25.3 Å². The smallest absolute Gasteiger partial charge is 0.324 e. The predicted molar refractivity (Wildman–Crippen MR) is 146 cm³/mol. The summed E-state index contributed by atoms with van der Waals surface area (Å²) in [6.07, 6.45) is 3.39. The molecule has 0 unspecified atom stereocenters. The lowest BCUT2D eigenvalue weighted by atomic mass is 10.1. The lowest BCUT2D eigenvalue weighted by Crippen LogP contribution is -2.24. The Labute approximate surface area is 228 Å². The molecule has 1 amide bonds. The molecule has 3 heterocycles. The van der Waals surface area contributed by atoms with Crippen molar-refractivity contribution in [3.8, 4) is 16.9 Å². The zero-order valence-electron chi connectivity index (χ0n) is 21.8. The molecule has 0 saturated carbocycles. The van der Waals surface area contributed by atoms with Crippen LogP contribution in [-0.4, -0.2) is 30.4 Å². The van der Waals surface area contributed by atoms with Gasteiger partial charge in [-0.1, -0.05) is 6.07 Å². The van der Waals surface area contributed by atoms with Crippen molar-refractivity contribution in [2.75, 3.05) is 10.2 Å². The first kappa shape index (κ1) is 26.5. The van der Waals surface area contributed by atoms with Crippen LogP contribution in [0.15, 0.2) is 85.7 Å². The molecule has 8 nitrogen and oxygen atoms in total. The molecule has 5 rings (SSSR count). The zero-order chi connectivity index (χ0) is 28.4. The number of nitrogens with zero attached hydrogens (tertiary/aromatic N) is 6. The van der Waals surface area contributed by atoms with E-state index in [1.807, 2.05) is 19.1 Å². The Bertz CT molecular complexity index is 1680. The highest BCUT2D eigenvalue weighted by molar-refractivity contribution is 6.00. The highest BCUT2D eigenvalue weighted by Gasteiger charge is 2.32. The van der Waals surface area contributed by atoms with Crippen molar-refractivity contribution in [2.24, 2.45) is 0 Å². The molecule has 202 valence electrons. The van der Waals surface area contributed by atoms with Gasteiger partial charge in [-0.05, 0) is 67.9 Å². The second-order valence-corrected chi connectivity index (χ2v) is 9.14. The van der Waals surface area contributed by atoms with Crippen LogP contribution in [0.2, 0.25) is 0 Å². The number of carbonyl (C=O) groups excluding carboxylic acids is 1. The van der Waals surface area contributed by atoms with Gasteiger partial charge in [0.15, 0.2) is 0 Å². The number of carbonyl (C=O) groups is 1. The van der Waals surface area contributed by atoms with Gasteiger partial charge in [0.1, 0.15) is 0 Å². The Morgan fingerprint density at radius 1 is 0.975 bits per heavy atom. The first-order chi connectivity index (χ1) is 19.1. The number of hydrogen-bond acceptors (Lipinski definition) is 6. The van der Waals surface area contributed by atoms with Crippen LogP contribution in [0.4, 0.5) is 36.2 Å². The van der Waals surface area contributed by atoms with Gasteiger partial charge in [-0.25, -0.2) is 15.0 Å². The molecule has 0 bridgehead atoms. The summed E-state index contributed by atoms with van der Waals surface area (Å²) < 4.78 is 43.2. The van der Waals surface area contributed by atoms with Gasteiger partial charge in [0, 0.05) is 48.6 Å². The van der Waals surface area contributed by atoms with Crippen molar-refractivity contribution < 1.29 is 18.0 Å². The fraction of sp³-hybridized carbons (Fsp3) is 0.138. The average molecular weight is 544 g/mol. The summed E-state index contributed by atoms with van der Waals surface area (Å²) in [4.78, 5) is 31.2. The summed E-state index contributed by atoms with van der Waals surface area (Å²) in [5.41, 5.74) is 3.30. The molecule has 0 fully saturated rings. The van der Waals surface area contributed by atoms with Gasteiger partial charge in [-0.2, -0.15) is 13.2 Å². The largest absolute Gasteiger partial charge is 0.416 e. The summed E-state index contributed by atoms with van der Waals surface area (Å²) in [5.74, 6) is -0.149. The molecular weight excluding hydrogens is 519 g/mol. The monoisotopic (exact) mass is 543 g/mol. The summed E-state index contributed by atoms with van der Waals surface area (Å²) in [6.45, 7) is 4.90. The van der Waals surface area contributed by atoms with E-state index in [1.165, 1.54) is 28.8 Å². The van der Waals surface area contributed by atoms with Gasteiger partial charge in [-0.3, -0.25) is 14.7 Å². The first-order valence-corrected chi connectivity index (χ1v) is 12.2. The first-order valence-electron chi connectivity index (χ1n) is 12.2. The normalized spacial score (nSPS) is 11.3. The molecule has 5 aromatic rings. The van der Waals surface area contributed by atoms with Crippen LogP contribution in [0, 0.1) is 13.8 Å². The van der Waals surface area contributed by atoms with Gasteiger partial charge in [0.2, 0.25) is 11.9 Å². The van der Waals surface area contributed by atoms with Crippen molar-refractivity contribution in [2.45, 2.75) is 26.9 Å². The molecule has 0 aliphatic rings. The summed E-state index contributed by atoms with van der Waals surface area (Å²) in [7, 11) is 0. The SMILES string of the molecule is CC(=O)N(c1cc(-n2cnc(C)c2)cc(C(F)(F)F)c1)c1ccc(C)c(Nc2nccc(-c3cccnc3)n2)c1. The molecule has 0 atom stereocenters. The van der Waals surface area contributed by atoms with Crippen molar-refractivity contribution in [3.63, 3.8) is 0 Å². The molecule has 0 spiro atoms. The van der Waals surface area contributed by atoms with E-state index in [1.54, 1.807) is 56.0 Å². The Kier molecular flexibility index (Phi) is 7.03. The number of hydrogen-bond donors (Lipinski definition) is 1. The number of imidazole rings is 1. The standard InChI is InChI=1S/C29H24F3N7O/c1-18-6-7-23(14-27(18)37-28-34-10-8-26(36-28)21-5-4-9-33-15-21)39(20(3)40)25-12-22(29(30,31)32)11-24(13-25)38-16-19(2)35-17-38/h4-17H,1-3H3,(H,34,36,37). The Morgan fingerprint density at radius 3 is 2.48 bits per heavy atom. The minimum absolute atomic E-state index is 0.0632. The second-order valence-electron chi connectivity index (χ2n) is 9.14. The Hall–Kier alpha value is -5.06. The Balaban J connectivity index is 1.55. The fourth-order valence-corrected chi connectivity index (χ4v) is 4.21. The number of anilines is 4. The second kappa shape index (κ2) is 10.6. The van der Waals surface area contributed by atoms with E-state index in [0.29, 0.717) is 28.7 Å². The van der Waals surface area contributed by atoms with Gasteiger partial charge < -0.3 is 9.88 Å². The van der Waals surface area contributed by atoms with Gasteiger partial charge >= 0.3 is 6.18 Å². The minimum Gasteiger partial charge on any atom is -0.324 e. The topological polar surface area (TPSA) is 88.8 Å². The summed E-state index contributed by atoms with van der Waals surface area (Å²) >= 11 is 0. The molecule has 0 aliphatic carbocycles. The maximum absolute atomic E-state index is 13.9. The van der Waals surface area contributed by atoms with Gasteiger partial charge in [0.25, 0.3) is 0 Å². The summed E-state index contributed by atoms with van der Waals surface area (Å²) in [5, 5.41) is 3.17. The average Bonchev–Trinajstić information content (AvgIpc) is 3.37. The van der Waals surface area contributed by atoms with E-state index < -0.39 is 17.6 Å². The molecule has 0 aliphatic heterocycles. The van der Waals surface area contributed by atoms with E-state index in [0.717, 1.165) is 23.3 Å². The van der Waals surface area contributed by atoms with Crippen LogP contribution >= 0.6 is 0 Å². The number of amides is 1. The van der Waals surface area contributed by atoms with E-state index in [9.17, 15) is 18.0 Å². The Morgan fingerprint density at radius 2 is 1.80 bits per heavy atom. The van der Waals surface area contributed by atoms with E-state index in [4.69, 9.17) is 0 Å². The number of alkyl halides is 3. The molecule has 3 aromatic heterocycles. The minimum atomic E-state index is -4.63. The number of nitrogens with one attached hydrogen (secondary N) is 1. The van der Waals surface area contributed by atoms with Crippen LogP contribution in [0.1, 0.15) is 23.7 Å². The van der Waals surface area contributed by atoms with Crippen molar-refractivity contribution in [3.05, 3.63) is 103 Å². The van der Waals surface area contributed by atoms with Crippen LogP contribution in [0.3, 0.4) is 0 Å². The number of halogens is 3. The third-order valence-electron chi connectivity index (χ3n) is 6.15. The molecule has 0 saturated heterocycles. The summed E-state index contributed by atoms with van der Waals surface area (Å²) in [6, 6.07) is 14.1. The number of pyridine rings is 1. The van der Waals surface area contributed by atoms with Crippen LogP contribution < -0.4 is 10.2 Å². The van der Waals surface area contributed by atoms with Crippen molar-refractivity contribution in [1.82, 2.24) is 24.5 Å². The number of aryl methyl sites for hydroxylation is 2. The van der Waals surface area contributed by atoms with Gasteiger partial charge in [0.05, 0.1) is 34.7 Å². The quantitative estimate of drug-likeness (QED) is 0.254. The number of aromatic nitrogens is 5. The highest BCUT2D eigenvalue weighted by Crippen LogP contribution is 2.37. The molecular formula is C29H24F3N7O. The highest BCUT2D eigenvalue weighted by atomic mass is 19.4. The fourth-order valence-electron chi connectivity index (χ4n) is 4.21. The predicted octanol–water partition coefficient (Wildman–Crippen LogP) is 6.79. The maximum Gasteiger partial charge on any atom is 0.416 e. The van der Waals surface area contributed by atoms with Crippen LogP contribution in [0.25, 0.3) is 16.9 Å². The molecule has 2 aromatic carbocycles. The molecule has 1 N–H and O–H groups in total. The lowest BCUT2D eigenvalue weighted by molar-refractivity contribution is -0.137. The van der Waals surface area contributed by atoms with Crippen LogP contribution in [0.5, 0.6) is 0 Å². The number of benzene rings is 2. The van der Waals surface area contributed by atoms with E-state index in [-0.39, 0.29) is 11.4 Å². The molecule has 40 heavy (non-hydrogen) atoms. The third kappa shape index (κ3) is 5.68. The van der Waals surface area contributed by atoms with Gasteiger partial charge in [-0.15, -0.1) is 0 Å². The van der Waals surface area contributed by atoms with Crippen molar-refractivity contribution >= 4 is 28.9 Å².